The minimum Gasteiger partial charge on any atom is -0.390 e. The van der Waals surface area contributed by atoms with E-state index in [9.17, 15) is 10.2 Å². The lowest BCUT2D eigenvalue weighted by atomic mass is 9.89. The van der Waals surface area contributed by atoms with Crippen LogP contribution in [0.15, 0.2) is 58.2 Å². The fourth-order valence-electron chi connectivity index (χ4n) is 3.61. The monoisotopic (exact) mass is 444 g/mol. The summed E-state index contributed by atoms with van der Waals surface area (Å²) in [6.45, 7) is 16.9. The molecule has 0 unspecified atom stereocenters. The Kier molecular flexibility index (Phi) is 16.4. The second kappa shape index (κ2) is 17.1. The van der Waals surface area contributed by atoms with Crippen molar-refractivity contribution < 1.29 is 10.2 Å². The minimum atomic E-state index is -1.04. The number of allylic oxidation sites excluding steroid dienone is 10. The normalized spacial score (nSPS) is 15.9. The summed E-state index contributed by atoms with van der Waals surface area (Å²) in [5.74, 6) is 0. The van der Waals surface area contributed by atoms with E-state index in [1.807, 2.05) is 0 Å². The molecule has 0 rings (SSSR count). The highest BCUT2D eigenvalue weighted by Crippen LogP contribution is 2.22. The molecule has 0 saturated heterocycles. The molecular weight excluding hydrogens is 392 g/mol. The van der Waals surface area contributed by atoms with Gasteiger partial charge in [0, 0.05) is 0 Å². The van der Waals surface area contributed by atoms with Gasteiger partial charge in [-0.05, 0) is 120 Å². The fourth-order valence-corrected chi connectivity index (χ4v) is 3.61. The molecular formula is C30H52O2. The Morgan fingerprint density at radius 3 is 1.44 bits per heavy atom. The van der Waals surface area contributed by atoms with Gasteiger partial charge in [-0.3, -0.25) is 0 Å². The van der Waals surface area contributed by atoms with Crippen molar-refractivity contribution in [2.75, 3.05) is 0 Å². The highest BCUT2D eigenvalue weighted by molar-refractivity contribution is 5.06. The molecule has 0 radical (unpaired) electrons. The van der Waals surface area contributed by atoms with Crippen LogP contribution in [0.5, 0.6) is 0 Å². The summed E-state index contributed by atoms with van der Waals surface area (Å²) in [6.07, 6.45) is 20.0. The third-order valence-electron chi connectivity index (χ3n) is 6.01. The van der Waals surface area contributed by atoms with E-state index in [1.165, 1.54) is 27.9 Å². The van der Waals surface area contributed by atoms with Gasteiger partial charge in [0.15, 0.2) is 0 Å². The minimum absolute atomic E-state index is 0.591. The number of hydrogen-bond acceptors (Lipinski definition) is 2. The predicted octanol–water partition coefficient (Wildman–Crippen LogP) is 8.77. The van der Waals surface area contributed by atoms with Crippen LogP contribution in [0.1, 0.15) is 120 Å². The fraction of sp³-hybridized carbons (Fsp3) is 0.667. The molecule has 32 heavy (non-hydrogen) atoms. The van der Waals surface area contributed by atoms with Crippen LogP contribution in [-0.2, 0) is 0 Å². The van der Waals surface area contributed by atoms with Crippen LogP contribution in [-0.4, -0.2) is 21.9 Å². The molecule has 2 nitrogen and oxygen atoms in total. The van der Waals surface area contributed by atoms with Crippen LogP contribution in [0.25, 0.3) is 0 Å². The second-order valence-corrected chi connectivity index (χ2v) is 10.3. The number of rotatable bonds is 16. The van der Waals surface area contributed by atoms with Crippen molar-refractivity contribution in [2.45, 2.75) is 131 Å². The molecule has 0 aromatic rings. The summed E-state index contributed by atoms with van der Waals surface area (Å²) >= 11 is 0. The average molecular weight is 445 g/mol. The smallest absolute Gasteiger partial charge is 0.0880 e. The highest BCUT2D eigenvalue weighted by Gasteiger charge is 2.28. The highest BCUT2D eigenvalue weighted by atomic mass is 16.3. The van der Waals surface area contributed by atoms with E-state index in [-0.39, 0.29) is 0 Å². The summed E-state index contributed by atoms with van der Waals surface area (Å²) in [5.41, 5.74) is 5.88. The zero-order valence-corrected chi connectivity index (χ0v) is 22.4. The van der Waals surface area contributed by atoms with E-state index in [2.05, 4.69) is 78.8 Å². The summed E-state index contributed by atoms with van der Waals surface area (Å²) in [4.78, 5) is 0. The second-order valence-electron chi connectivity index (χ2n) is 10.3. The van der Waals surface area contributed by atoms with Gasteiger partial charge in [-0.1, -0.05) is 58.2 Å². The van der Waals surface area contributed by atoms with Crippen molar-refractivity contribution in [1.29, 1.82) is 0 Å². The lowest BCUT2D eigenvalue weighted by Gasteiger charge is -2.28. The first kappa shape index (κ1) is 30.6. The Labute approximate surface area is 199 Å². The van der Waals surface area contributed by atoms with Crippen molar-refractivity contribution >= 4 is 0 Å². The molecule has 2 heteroatoms. The molecule has 2 N–H and O–H groups in total. The Hall–Kier alpha value is -1.38. The topological polar surface area (TPSA) is 40.5 Å². The van der Waals surface area contributed by atoms with Gasteiger partial charge >= 0.3 is 0 Å². The van der Waals surface area contributed by atoms with Gasteiger partial charge in [-0.15, -0.1) is 0 Å². The van der Waals surface area contributed by atoms with Crippen molar-refractivity contribution in [1.82, 2.24) is 0 Å². The maximum Gasteiger partial charge on any atom is 0.0880 e. The standard InChI is InChI=1S/C30H52O2/c1-24(2)14-9-16-26(5)18-11-19-27(6)20-12-22-29(31)30(8,32)23-13-21-28(7)17-10-15-25(3)4/h14-15,18,20-21,29,31-32H,9-13,16-17,19,22-23H2,1-8H3/b26-18+,27-20+,28-21+/t29-,30+/m0/s1. The first-order valence-corrected chi connectivity index (χ1v) is 12.6. The van der Waals surface area contributed by atoms with Gasteiger partial charge in [0.25, 0.3) is 0 Å². The predicted molar refractivity (Wildman–Crippen MR) is 143 cm³/mol. The van der Waals surface area contributed by atoms with Gasteiger partial charge in [-0.25, -0.2) is 0 Å². The molecule has 0 spiro atoms. The molecule has 0 aromatic heterocycles. The Balaban J connectivity index is 4.29. The van der Waals surface area contributed by atoms with Crippen molar-refractivity contribution in [3.05, 3.63) is 58.2 Å². The molecule has 0 aliphatic heterocycles. The molecule has 0 aliphatic carbocycles. The van der Waals surface area contributed by atoms with Gasteiger partial charge < -0.3 is 10.2 Å². The van der Waals surface area contributed by atoms with Gasteiger partial charge in [0.2, 0.25) is 0 Å². The van der Waals surface area contributed by atoms with Crippen LogP contribution in [0.2, 0.25) is 0 Å². The van der Waals surface area contributed by atoms with E-state index in [0.29, 0.717) is 12.8 Å². The Morgan fingerprint density at radius 1 is 0.625 bits per heavy atom. The average Bonchev–Trinajstić information content (AvgIpc) is 2.67. The van der Waals surface area contributed by atoms with Gasteiger partial charge in [0.1, 0.15) is 0 Å². The van der Waals surface area contributed by atoms with Gasteiger partial charge in [0.05, 0.1) is 11.7 Å². The number of aliphatic hydroxyl groups excluding tert-OH is 1. The van der Waals surface area contributed by atoms with Crippen molar-refractivity contribution in [3.63, 3.8) is 0 Å². The van der Waals surface area contributed by atoms with Crippen molar-refractivity contribution in [2.24, 2.45) is 0 Å². The van der Waals surface area contributed by atoms with Crippen LogP contribution >= 0.6 is 0 Å². The first-order valence-electron chi connectivity index (χ1n) is 12.6. The lowest BCUT2D eigenvalue weighted by Crippen LogP contribution is -2.39. The molecule has 184 valence electrons. The maximum atomic E-state index is 10.7. The zero-order valence-electron chi connectivity index (χ0n) is 22.4. The van der Waals surface area contributed by atoms with Crippen LogP contribution in [0.3, 0.4) is 0 Å². The number of hydrogen-bond donors (Lipinski definition) is 2. The quantitative estimate of drug-likeness (QED) is 0.233. The van der Waals surface area contributed by atoms with E-state index in [4.69, 9.17) is 0 Å². The molecule has 0 heterocycles. The van der Waals surface area contributed by atoms with Crippen LogP contribution in [0.4, 0.5) is 0 Å². The first-order chi connectivity index (χ1) is 14.9. The van der Waals surface area contributed by atoms with E-state index in [1.54, 1.807) is 6.92 Å². The van der Waals surface area contributed by atoms with E-state index >= 15 is 0 Å². The summed E-state index contributed by atoms with van der Waals surface area (Å²) < 4.78 is 0. The summed E-state index contributed by atoms with van der Waals surface area (Å²) in [6, 6.07) is 0. The summed E-state index contributed by atoms with van der Waals surface area (Å²) in [5, 5.41) is 21.2. The largest absolute Gasteiger partial charge is 0.390 e. The number of aliphatic hydroxyl groups is 2. The van der Waals surface area contributed by atoms with Crippen molar-refractivity contribution in [3.8, 4) is 0 Å². The Morgan fingerprint density at radius 2 is 1.00 bits per heavy atom. The molecule has 0 saturated carbocycles. The maximum absolute atomic E-state index is 10.7. The van der Waals surface area contributed by atoms with Crippen LogP contribution < -0.4 is 0 Å². The van der Waals surface area contributed by atoms with Crippen LogP contribution in [0, 0.1) is 0 Å². The zero-order chi connectivity index (χ0) is 24.6. The molecule has 0 bridgehead atoms. The molecule has 0 fully saturated rings. The third-order valence-corrected chi connectivity index (χ3v) is 6.01. The molecule has 0 aliphatic rings. The van der Waals surface area contributed by atoms with Gasteiger partial charge in [-0.2, -0.15) is 0 Å². The molecule has 2 atom stereocenters. The van der Waals surface area contributed by atoms with E-state index < -0.39 is 11.7 Å². The molecule has 0 amide bonds. The Bertz CT molecular complexity index is 663. The lowest BCUT2D eigenvalue weighted by molar-refractivity contribution is -0.0689. The summed E-state index contributed by atoms with van der Waals surface area (Å²) in [7, 11) is 0. The van der Waals surface area contributed by atoms with E-state index in [0.717, 1.165) is 51.4 Å². The SMILES string of the molecule is CC(C)=CCC/C(C)=C/CC/C(C)=C/CC[C@H](O)[C@](C)(O)CC/C=C(\C)CCC=C(C)C. The third kappa shape index (κ3) is 17.2. The molecule has 0 aromatic carbocycles.